The first-order valence-electron chi connectivity index (χ1n) is 8.86. The number of fused-ring (bicyclic) bond motifs is 1. The summed E-state index contributed by atoms with van der Waals surface area (Å²) in [5.41, 5.74) is 1.50. The number of aliphatic hydroxyl groups is 1. The molecule has 0 amide bonds. The molecule has 1 aliphatic rings. The number of hydrogen-bond donors (Lipinski definition) is 4. The van der Waals surface area contributed by atoms with E-state index in [4.69, 9.17) is 21.1 Å². The molecule has 0 fully saturated rings. The van der Waals surface area contributed by atoms with Gasteiger partial charge in [0.1, 0.15) is 0 Å². The number of ether oxygens (including phenoxy) is 2. The summed E-state index contributed by atoms with van der Waals surface area (Å²) in [6.45, 7) is 2.24. The SMILES string of the molecule is CC(Cc1ccc2c(c1)OC(C(=O)O)(C(=O)O)O2)NCC(O)c1cccc(Cl)c1.[Na].[Na]. The summed E-state index contributed by atoms with van der Waals surface area (Å²) in [5, 5.41) is 32.4. The Bertz CT molecular complexity index is 929. The molecule has 2 atom stereocenters. The number of halogens is 1. The van der Waals surface area contributed by atoms with Gasteiger partial charge in [-0.25, -0.2) is 9.59 Å². The number of benzene rings is 2. The Morgan fingerprint density at radius 3 is 2.32 bits per heavy atom. The molecule has 8 nitrogen and oxygen atoms in total. The smallest absolute Gasteiger partial charge is 0.453 e. The van der Waals surface area contributed by atoms with Crippen molar-refractivity contribution in [3.05, 3.63) is 58.6 Å². The third-order valence-corrected chi connectivity index (χ3v) is 4.75. The van der Waals surface area contributed by atoms with Crippen molar-refractivity contribution in [1.29, 1.82) is 0 Å². The Hall–Kier alpha value is -0.810. The van der Waals surface area contributed by atoms with Gasteiger partial charge in [0.2, 0.25) is 0 Å². The molecule has 0 bridgehead atoms. The van der Waals surface area contributed by atoms with E-state index in [1.807, 2.05) is 6.92 Å². The molecular formula is C20H20ClNNa2O7. The topological polar surface area (TPSA) is 125 Å². The van der Waals surface area contributed by atoms with Gasteiger partial charge in [0, 0.05) is 76.7 Å². The number of carboxylic acids is 2. The maximum atomic E-state index is 11.3. The number of hydrogen-bond acceptors (Lipinski definition) is 6. The van der Waals surface area contributed by atoms with Crippen LogP contribution in [0.4, 0.5) is 0 Å². The van der Waals surface area contributed by atoms with Crippen LogP contribution in [0.2, 0.25) is 5.02 Å². The quantitative estimate of drug-likeness (QED) is 0.340. The molecule has 11 heteroatoms. The van der Waals surface area contributed by atoms with Crippen molar-refractivity contribution < 1.29 is 34.4 Å². The van der Waals surface area contributed by atoms with Crippen molar-refractivity contribution >= 4 is 82.7 Å². The summed E-state index contributed by atoms with van der Waals surface area (Å²) in [6, 6.07) is 11.7. The number of nitrogens with one attached hydrogen (secondary N) is 1. The second-order valence-electron chi connectivity index (χ2n) is 6.80. The molecule has 156 valence electrons. The molecule has 1 heterocycles. The van der Waals surface area contributed by atoms with Gasteiger partial charge in [-0.2, -0.15) is 0 Å². The number of aliphatic hydroxyl groups excluding tert-OH is 1. The molecule has 31 heavy (non-hydrogen) atoms. The fourth-order valence-electron chi connectivity index (χ4n) is 3.01. The molecular weight excluding hydrogens is 448 g/mol. The van der Waals surface area contributed by atoms with E-state index in [2.05, 4.69) is 5.32 Å². The van der Waals surface area contributed by atoms with E-state index < -0.39 is 23.8 Å². The van der Waals surface area contributed by atoms with E-state index in [9.17, 15) is 24.9 Å². The third kappa shape index (κ3) is 6.60. The second kappa shape index (κ2) is 11.9. The number of carboxylic acid groups (broad SMARTS) is 2. The van der Waals surface area contributed by atoms with Gasteiger partial charge in [-0.15, -0.1) is 0 Å². The van der Waals surface area contributed by atoms with Gasteiger partial charge in [-0.1, -0.05) is 29.8 Å². The Labute approximate surface area is 228 Å². The van der Waals surface area contributed by atoms with Crippen LogP contribution in [-0.4, -0.2) is 105 Å². The minimum Gasteiger partial charge on any atom is -0.475 e. The summed E-state index contributed by atoms with van der Waals surface area (Å²) in [5.74, 6) is -6.15. The Kier molecular flexibility index (Phi) is 10.8. The Morgan fingerprint density at radius 2 is 1.71 bits per heavy atom. The predicted octanol–water partition coefficient (Wildman–Crippen LogP) is 1.47. The zero-order valence-corrected chi connectivity index (χ0v) is 22.2. The Morgan fingerprint density at radius 1 is 1.06 bits per heavy atom. The number of aliphatic carboxylic acids is 2. The first-order valence-corrected chi connectivity index (χ1v) is 9.23. The zero-order valence-electron chi connectivity index (χ0n) is 17.5. The Balaban J connectivity index is 0.00000240. The van der Waals surface area contributed by atoms with Crippen molar-refractivity contribution in [2.45, 2.75) is 31.3 Å². The molecule has 0 saturated heterocycles. The van der Waals surface area contributed by atoms with Crippen molar-refractivity contribution in [1.82, 2.24) is 5.32 Å². The summed E-state index contributed by atoms with van der Waals surface area (Å²) in [6.07, 6.45) is -0.189. The standard InChI is InChI=1S/C20H20ClNO7.2Na/c1-11(22-10-15(23)13-3-2-4-14(21)9-13)7-12-5-6-16-17(8-12)29-20(28-16,18(24)25)19(26)27;;/h2-6,8-9,11,15,22-23H,7,10H2,1H3,(H,24,25)(H,26,27);;. The van der Waals surface area contributed by atoms with Crippen molar-refractivity contribution in [2.75, 3.05) is 6.54 Å². The number of carbonyl (C=O) groups is 2. The van der Waals surface area contributed by atoms with Gasteiger partial charge in [0.15, 0.2) is 11.5 Å². The normalized spacial score (nSPS) is 15.2. The summed E-state index contributed by atoms with van der Waals surface area (Å²) in [7, 11) is 0. The first-order chi connectivity index (χ1) is 13.7. The van der Waals surface area contributed by atoms with Crippen molar-refractivity contribution in [2.24, 2.45) is 0 Å². The largest absolute Gasteiger partial charge is 0.475 e. The summed E-state index contributed by atoms with van der Waals surface area (Å²) < 4.78 is 10.1. The van der Waals surface area contributed by atoms with Gasteiger partial charge in [0.25, 0.3) is 0 Å². The van der Waals surface area contributed by atoms with Crippen molar-refractivity contribution in [3.63, 3.8) is 0 Å². The van der Waals surface area contributed by atoms with E-state index in [0.29, 0.717) is 23.6 Å². The first kappa shape index (κ1) is 28.2. The molecule has 4 N–H and O–H groups in total. The van der Waals surface area contributed by atoms with Crippen LogP contribution in [0.3, 0.4) is 0 Å². The maximum Gasteiger partial charge on any atom is 0.453 e. The monoisotopic (exact) mass is 467 g/mol. The molecule has 2 unspecified atom stereocenters. The molecule has 0 saturated carbocycles. The van der Waals surface area contributed by atoms with Crippen LogP contribution in [0.5, 0.6) is 11.5 Å². The minimum absolute atomic E-state index is 0. The fourth-order valence-corrected chi connectivity index (χ4v) is 3.21. The molecule has 1 aliphatic heterocycles. The third-order valence-electron chi connectivity index (χ3n) is 4.51. The molecule has 2 radical (unpaired) electrons. The maximum absolute atomic E-state index is 11.3. The molecule has 0 aromatic heterocycles. The van der Waals surface area contributed by atoms with E-state index in [0.717, 1.165) is 5.56 Å². The summed E-state index contributed by atoms with van der Waals surface area (Å²) in [4.78, 5) is 22.6. The molecule has 2 aromatic carbocycles. The van der Waals surface area contributed by atoms with Crippen LogP contribution in [0.15, 0.2) is 42.5 Å². The second-order valence-corrected chi connectivity index (χ2v) is 7.23. The molecule has 0 spiro atoms. The van der Waals surface area contributed by atoms with E-state index in [1.165, 1.54) is 6.07 Å². The van der Waals surface area contributed by atoms with Crippen LogP contribution < -0.4 is 14.8 Å². The van der Waals surface area contributed by atoms with Gasteiger partial charge in [0.05, 0.1) is 6.10 Å². The van der Waals surface area contributed by atoms with Crippen LogP contribution in [0.1, 0.15) is 24.2 Å². The van der Waals surface area contributed by atoms with Crippen LogP contribution in [0, 0.1) is 0 Å². The van der Waals surface area contributed by atoms with Crippen LogP contribution in [0.25, 0.3) is 0 Å². The van der Waals surface area contributed by atoms with Crippen LogP contribution in [-0.2, 0) is 16.0 Å². The summed E-state index contributed by atoms with van der Waals surface area (Å²) >= 11 is 5.94. The fraction of sp³-hybridized carbons (Fsp3) is 0.300. The van der Waals surface area contributed by atoms with Gasteiger partial charge >= 0.3 is 17.7 Å². The molecule has 2 aromatic rings. The van der Waals surface area contributed by atoms with Gasteiger partial charge < -0.3 is 30.1 Å². The molecule has 3 rings (SSSR count). The van der Waals surface area contributed by atoms with Crippen LogP contribution >= 0.6 is 11.6 Å². The van der Waals surface area contributed by atoms with E-state index >= 15 is 0 Å². The van der Waals surface area contributed by atoms with Crippen molar-refractivity contribution in [3.8, 4) is 11.5 Å². The molecule has 0 aliphatic carbocycles. The average Bonchev–Trinajstić information content (AvgIpc) is 3.06. The minimum atomic E-state index is -2.77. The van der Waals surface area contributed by atoms with E-state index in [1.54, 1.807) is 36.4 Å². The van der Waals surface area contributed by atoms with E-state index in [-0.39, 0.29) is 76.7 Å². The zero-order chi connectivity index (χ0) is 21.2. The predicted molar refractivity (Wildman–Crippen MR) is 115 cm³/mol. The van der Waals surface area contributed by atoms with Gasteiger partial charge in [-0.05, 0) is 48.7 Å². The number of rotatable bonds is 8. The van der Waals surface area contributed by atoms with Gasteiger partial charge in [-0.3, -0.25) is 0 Å². The average molecular weight is 468 g/mol.